The van der Waals surface area contributed by atoms with E-state index in [-0.39, 0.29) is 22.1 Å². The first-order valence-corrected chi connectivity index (χ1v) is 11.7. The molecule has 1 aromatic heterocycles. The number of amides is 1. The summed E-state index contributed by atoms with van der Waals surface area (Å²) < 4.78 is 0. The van der Waals surface area contributed by atoms with E-state index in [9.17, 15) is 14.7 Å². The summed E-state index contributed by atoms with van der Waals surface area (Å²) in [6.45, 7) is 8.63. The number of carboxylic acid groups (broad SMARTS) is 1. The molecule has 164 valence electrons. The molecule has 5 heteroatoms. The van der Waals surface area contributed by atoms with Crippen molar-refractivity contribution in [2.45, 2.75) is 59.9 Å². The predicted octanol–water partition coefficient (Wildman–Crippen LogP) is 6.20. The molecule has 0 saturated heterocycles. The quantitative estimate of drug-likeness (QED) is 0.566. The molecule has 2 aromatic rings. The van der Waals surface area contributed by atoms with Gasteiger partial charge in [0, 0.05) is 11.3 Å². The van der Waals surface area contributed by atoms with Crippen LogP contribution >= 0.6 is 11.3 Å². The average molecular weight is 438 g/mol. The lowest BCUT2D eigenvalue weighted by molar-refractivity contribution is -0.123. The predicted molar refractivity (Wildman–Crippen MR) is 126 cm³/mol. The monoisotopic (exact) mass is 437 g/mol. The fourth-order valence-corrected chi connectivity index (χ4v) is 4.67. The van der Waals surface area contributed by atoms with Crippen molar-refractivity contribution in [2.24, 2.45) is 17.3 Å². The maximum atomic E-state index is 13.6. The number of hydrogen-bond donors (Lipinski definition) is 1. The van der Waals surface area contributed by atoms with E-state index in [0.29, 0.717) is 23.0 Å². The molecule has 1 aromatic carbocycles. The molecule has 0 aliphatic heterocycles. The Bertz CT molecular complexity index is 983. The van der Waals surface area contributed by atoms with E-state index in [2.05, 4.69) is 18.8 Å². The van der Waals surface area contributed by atoms with Gasteiger partial charge in [-0.3, -0.25) is 4.79 Å². The Morgan fingerprint density at radius 3 is 2.35 bits per heavy atom. The molecule has 1 heterocycles. The standard InChI is InChI=1S/C26H31NO3S/c1-18-10-12-20(13-11-18)24(28)27(17-19-8-6-5-7-9-19)22-16-21(14-15-26(2,3)4)31-23(22)25(29)30/h5-9,16,18,20H,10-13,17H2,1-4H3,(H,29,30). The highest BCUT2D eigenvalue weighted by Crippen LogP contribution is 2.36. The summed E-state index contributed by atoms with van der Waals surface area (Å²) in [5.41, 5.74) is 1.25. The fraction of sp³-hybridized carbons (Fsp3) is 0.462. The van der Waals surface area contributed by atoms with Crippen molar-refractivity contribution in [3.63, 3.8) is 0 Å². The second-order valence-electron chi connectivity index (χ2n) is 9.50. The summed E-state index contributed by atoms with van der Waals surface area (Å²) in [7, 11) is 0. The van der Waals surface area contributed by atoms with Crippen LogP contribution in [-0.4, -0.2) is 17.0 Å². The first-order valence-electron chi connectivity index (χ1n) is 10.9. The van der Waals surface area contributed by atoms with Crippen LogP contribution < -0.4 is 4.90 Å². The molecule has 1 N–H and O–H groups in total. The van der Waals surface area contributed by atoms with Crippen LogP contribution in [0.25, 0.3) is 0 Å². The number of hydrogen-bond acceptors (Lipinski definition) is 3. The lowest BCUT2D eigenvalue weighted by Gasteiger charge is -2.31. The van der Waals surface area contributed by atoms with Gasteiger partial charge in [0.25, 0.3) is 0 Å². The summed E-state index contributed by atoms with van der Waals surface area (Å²) in [6, 6.07) is 11.5. The third kappa shape index (κ3) is 6.21. The second kappa shape index (κ2) is 9.70. The van der Waals surface area contributed by atoms with Crippen molar-refractivity contribution in [1.29, 1.82) is 0 Å². The third-order valence-electron chi connectivity index (χ3n) is 5.57. The van der Waals surface area contributed by atoms with Crippen LogP contribution in [0.5, 0.6) is 0 Å². The molecule has 1 aliphatic carbocycles. The summed E-state index contributed by atoms with van der Waals surface area (Å²) in [4.78, 5) is 28.2. The molecule has 4 nitrogen and oxygen atoms in total. The first kappa shape index (κ1) is 23.1. The van der Waals surface area contributed by atoms with Gasteiger partial charge in [0.15, 0.2) is 0 Å². The Balaban J connectivity index is 2.01. The molecule has 1 aliphatic rings. The number of carbonyl (C=O) groups excluding carboxylic acids is 1. The van der Waals surface area contributed by atoms with Crippen LogP contribution in [0, 0.1) is 29.1 Å². The lowest BCUT2D eigenvalue weighted by Crippen LogP contribution is -2.37. The van der Waals surface area contributed by atoms with E-state index in [0.717, 1.165) is 42.6 Å². The summed E-state index contributed by atoms with van der Waals surface area (Å²) >= 11 is 1.14. The molecule has 0 unspecified atom stereocenters. The molecule has 0 bridgehead atoms. The lowest BCUT2D eigenvalue weighted by atomic mass is 9.82. The van der Waals surface area contributed by atoms with E-state index in [1.807, 2.05) is 51.1 Å². The van der Waals surface area contributed by atoms with Crippen LogP contribution in [-0.2, 0) is 11.3 Å². The minimum absolute atomic E-state index is 0.0198. The zero-order valence-corrected chi connectivity index (χ0v) is 19.6. The van der Waals surface area contributed by atoms with Crippen molar-refractivity contribution in [3.8, 4) is 11.8 Å². The number of anilines is 1. The molecule has 3 rings (SSSR count). The summed E-state index contributed by atoms with van der Waals surface area (Å²) in [5, 5.41) is 9.87. The number of nitrogens with zero attached hydrogens (tertiary/aromatic N) is 1. The van der Waals surface area contributed by atoms with E-state index in [1.54, 1.807) is 11.0 Å². The van der Waals surface area contributed by atoms with Gasteiger partial charge in [-0.15, -0.1) is 11.3 Å². The van der Waals surface area contributed by atoms with Crippen molar-refractivity contribution in [2.75, 3.05) is 4.90 Å². The van der Waals surface area contributed by atoms with Crippen molar-refractivity contribution < 1.29 is 14.7 Å². The highest BCUT2D eigenvalue weighted by molar-refractivity contribution is 7.15. The van der Waals surface area contributed by atoms with Gasteiger partial charge >= 0.3 is 5.97 Å². The first-order chi connectivity index (χ1) is 14.6. The number of aromatic carboxylic acids is 1. The Hall–Kier alpha value is -2.58. The topological polar surface area (TPSA) is 57.6 Å². The maximum Gasteiger partial charge on any atom is 0.348 e. The van der Waals surface area contributed by atoms with E-state index < -0.39 is 5.97 Å². The normalized spacial score (nSPS) is 18.7. The van der Waals surface area contributed by atoms with Crippen LogP contribution in [0.1, 0.15) is 73.5 Å². The van der Waals surface area contributed by atoms with Crippen molar-refractivity contribution in [3.05, 3.63) is 51.7 Å². The Morgan fingerprint density at radius 2 is 1.77 bits per heavy atom. The number of benzene rings is 1. The minimum atomic E-state index is -1.02. The Labute approximate surface area is 189 Å². The van der Waals surface area contributed by atoms with Gasteiger partial charge in [-0.2, -0.15) is 0 Å². The van der Waals surface area contributed by atoms with Crippen LogP contribution in [0.3, 0.4) is 0 Å². The molecule has 1 amide bonds. The second-order valence-corrected chi connectivity index (χ2v) is 10.5. The van der Waals surface area contributed by atoms with Gasteiger partial charge in [0.2, 0.25) is 5.91 Å². The van der Waals surface area contributed by atoms with Gasteiger partial charge in [0.1, 0.15) is 4.88 Å². The Kier molecular flexibility index (Phi) is 7.23. The molecule has 31 heavy (non-hydrogen) atoms. The zero-order chi connectivity index (χ0) is 22.6. The third-order valence-corrected chi connectivity index (χ3v) is 6.60. The molecule has 0 atom stereocenters. The molecule has 1 fully saturated rings. The molecular weight excluding hydrogens is 406 g/mol. The van der Waals surface area contributed by atoms with Gasteiger partial charge < -0.3 is 10.0 Å². The number of rotatable bonds is 5. The number of carbonyl (C=O) groups is 2. The number of thiophene rings is 1. The molecule has 0 radical (unpaired) electrons. The van der Waals surface area contributed by atoms with E-state index in [1.165, 1.54) is 0 Å². The largest absolute Gasteiger partial charge is 0.477 e. The highest BCUT2D eigenvalue weighted by Gasteiger charge is 2.32. The highest BCUT2D eigenvalue weighted by atomic mass is 32.1. The minimum Gasteiger partial charge on any atom is -0.477 e. The zero-order valence-electron chi connectivity index (χ0n) is 18.8. The summed E-state index contributed by atoms with van der Waals surface area (Å²) in [6.07, 6.45) is 3.78. The van der Waals surface area contributed by atoms with E-state index in [4.69, 9.17) is 0 Å². The van der Waals surface area contributed by atoms with Crippen molar-refractivity contribution in [1.82, 2.24) is 0 Å². The SMILES string of the molecule is CC1CCC(C(=O)N(Cc2ccccc2)c2cc(C#CC(C)(C)C)sc2C(=O)O)CC1. The average Bonchev–Trinajstić information content (AvgIpc) is 3.15. The van der Waals surface area contributed by atoms with Gasteiger partial charge in [-0.05, 0) is 64.0 Å². The fourth-order valence-electron chi connectivity index (χ4n) is 3.82. The Morgan fingerprint density at radius 1 is 1.13 bits per heavy atom. The van der Waals surface area contributed by atoms with Crippen LogP contribution in [0.4, 0.5) is 5.69 Å². The van der Waals surface area contributed by atoms with Gasteiger partial charge in [0.05, 0.1) is 17.1 Å². The van der Waals surface area contributed by atoms with Crippen LogP contribution in [0.15, 0.2) is 36.4 Å². The number of carboxylic acids is 1. The van der Waals surface area contributed by atoms with Gasteiger partial charge in [-0.25, -0.2) is 4.79 Å². The van der Waals surface area contributed by atoms with Gasteiger partial charge in [-0.1, -0.05) is 49.1 Å². The molecule has 0 spiro atoms. The molecule has 1 saturated carbocycles. The summed E-state index contributed by atoms with van der Waals surface area (Å²) in [5.74, 6) is 5.85. The van der Waals surface area contributed by atoms with Crippen molar-refractivity contribution >= 4 is 28.9 Å². The molecular formula is C26H31NO3S. The van der Waals surface area contributed by atoms with Crippen LogP contribution in [0.2, 0.25) is 0 Å². The smallest absolute Gasteiger partial charge is 0.348 e. The maximum absolute atomic E-state index is 13.6. The van der Waals surface area contributed by atoms with E-state index >= 15 is 0 Å².